The second kappa shape index (κ2) is 10.4. The standard InChI is InChI=1S/C26H25N3O4S/c1-32-21-12-8-19(9-13-21)27-24(30)16-23-25(31)29(20-10-14-22(33-2)15-11-20)26(34)28(23)17-18-6-4-3-5-7-18/h3-15,23H,16-17H2,1-2H3,(H,27,30). The van der Waals surface area contributed by atoms with Crippen molar-refractivity contribution in [1.29, 1.82) is 0 Å². The molecule has 1 heterocycles. The van der Waals surface area contributed by atoms with E-state index in [1.165, 1.54) is 4.90 Å². The molecule has 1 unspecified atom stereocenters. The maximum atomic E-state index is 13.5. The lowest BCUT2D eigenvalue weighted by Crippen LogP contribution is -2.37. The van der Waals surface area contributed by atoms with Crippen LogP contribution in [0.3, 0.4) is 0 Å². The molecule has 1 saturated heterocycles. The number of thiocarbonyl (C=S) groups is 1. The molecule has 0 aromatic heterocycles. The Bertz CT molecular complexity index is 1170. The molecule has 1 fully saturated rings. The Labute approximate surface area is 203 Å². The highest BCUT2D eigenvalue weighted by molar-refractivity contribution is 7.80. The molecular formula is C26H25N3O4S. The lowest BCUT2D eigenvalue weighted by molar-refractivity contribution is -0.124. The van der Waals surface area contributed by atoms with Gasteiger partial charge in [-0.25, -0.2) is 0 Å². The smallest absolute Gasteiger partial charge is 0.256 e. The zero-order chi connectivity index (χ0) is 24.1. The predicted octanol–water partition coefficient (Wildman–Crippen LogP) is 4.23. The number of nitrogens with one attached hydrogen (secondary N) is 1. The van der Waals surface area contributed by atoms with Crippen LogP contribution in [0.4, 0.5) is 11.4 Å². The van der Waals surface area contributed by atoms with Gasteiger partial charge in [-0.2, -0.15) is 0 Å². The molecule has 0 spiro atoms. The molecule has 8 heteroatoms. The first-order valence-corrected chi connectivity index (χ1v) is 11.2. The van der Waals surface area contributed by atoms with E-state index in [9.17, 15) is 9.59 Å². The lowest BCUT2D eigenvalue weighted by Gasteiger charge is -2.24. The Morgan fingerprint density at radius 2 is 1.50 bits per heavy atom. The monoisotopic (exact) mass is 475 g/mol. The molecule has 1 N–H and O–H groups in total. The fraction of sp³-hybridized carbons (Fsp3) is 0.192. The van der Waals surface area contributed by atoms with Gasteiger partial charge in [0.25, 0.3) is 5.91 Å². The number of hydrogen-bond acceptors (Lipinski definition) is 5. The summed E-state index contributed by atoms with van der Waals surface area (Å²) in [5.41, 5.74) is 2.25. The first kappa shape index (κ1) is 23.3. The van der Waals surface area contributed by atoms with E-state index in [1.54, 1.807) is 62.8 Å². The highest BCUT2D eigenvalue weighted by Crippen LogP contribution is 2.30. The first-order valence-electron chi connectivity index (χ1n) is 10.8. The number of anilines is 2. The molecule has 1 aliphatic rings. The molecule has 0 radical (unpaired) electrons. The zero-order valence-electron chi connectivity index (χ0n) is 18.9. The summed E-state index contributed by atoms with van der Waals surface area (Å²) in [4.78, 5) is 29.7. The van der Waals surface area contributed by atoms with Crippen molar-refractivity contribution in [3.63, 3.8) is 0 Å². The first-order chi connectivity index (χ1) is 16.5. The number of methoxy groups -OCH3 is 2. The van der Waals surface area contributed by atoms with Gasteiger partial charge in [0.1, 0.15) is 17.5 Å². The summed E-state index contributed by atoms with van der Waals surface area (Å²) < 4.78 is 10.4. The van der Waals surface area contributed by atoms with E-state index in [1.807, 2.05) is 35.2 Å². The SMILES string of the molecule is COc1ccc(NC(=O)CC2C(=O)N(c3ccc(OC)cc3)C(=S)N2Cc2ccccc2)cc1. The molecule has 3 aromatic rings. The number of rotatable bonds is 8. The molecule has 7 nitrogen and oxygen atoms in total. The summed E-state index contributed by atoms with van der Waals surface area (Å²) in [6.07, 6.45) is -0.0372. The molecule has 0 bridgehead atoms. The fourth-order valence-corrected chi connectivity index (χ4v) is 4.21. The summed E-state index contributed by atoms with van der Waals surface area (Å²) in [6, 6.07) is 23.2. The topological polar surface area (TPSA) is 71.1 Å². The van der Waals surface area contributed by atoms with Gasteiger partial charge in [-0.3, -0.25) is 14.5 Å². The normalized spacial score (nSPS) is 15.4. The van der Waals surface area contributed by atoms with Gasteiger partial charge in [0, 0.05) is 12.2 Å². The predicted molar refractivity (Wildman–Crippen MR) is 135 cm³/mol. The third-order valence-corrected chi connectivity index (χ3v) is 6.01. The van der Waals surface area contributed by atoms with Gasteiger partial charge in [-0.1, -0.05) is 30.3 Å². The van der Waals surface area contributed by atoms with Crippen LogP contribution in [0.25, 0.3) is 0 Å². The molecular weight excluding hydrogens is 450 g/mol. The largest absolute Gasteiger partial charge is 0.497 e. The summed E-state index contributed by atoms with van der Waals surface area (Å²) in [7, 11) is 3.16. The van der Waals surface area contributed by atoms with Crippen molar-refractivity contribution in [2.75, 3.05) is 24.4 Å². The van der Waals surface area contributed by atoms with E-state index < -0.39 is 6.04 Å². The van der Waals surface area contributed by atoms with Crippen LogP contribution >= 0.6 is 12.2 Å². The van der Waals surface area contributed by atoms with Crippen LogP contribution in [0.1, 0.15) is 12.0 Å². The van der Waals surface area contributed by atoms with Gasteiger partial charge in [0.05, 0.1) is 26.3 Å². The number of nitrogens with zero attached hydrogens (tertiary/aromatic N) is 2. The average Bonchev–Trinajstić information content (AvgIpc) is 3.09. The quantitative estimate of drug-likeness (QED) is 0.492. The molecule has 174 valence electrons. The van der Waals surface area contributed by atoms with Crippen LogP contribution in [0.15, 0.2) is 78.9 Å². The van der Waals surface area contributed by atoms with E-state index in [0.29, 0.717) is 34.5 Å². The van der Waals surface area contributed by atoms with Gasteiger partial charge in [0.15, 0.2) is 5.11 Å². The van der Waals surface area contributed by atoms with Gasteiger partial charge in [-0.15, -0.1) is 0 Å². The van der Waals surface area contributed by atoms with Crippen LogP contribution in [-0.4, -0.2) is 42.1 Å². The van der Waals surface area contributed by atoms with E-state index in [2.05, 4.69) is 5.32 Å². The van der Waals surface area contributed by atoms with Crippen molar-refractivity contribution in [2.45, 2.75) is 19.0 Å². The minimum Gasteiger partial charge on any atom is -0.497 e. The van der Waals surface area contributed by atoms with E-state index in [0.717, 1.165) is 5.56 Å². The number of carbonyl (C=O) groups is 2. The van der Waals surface area contributed by atoms with Gasteiger partial charge < -0.3 is 19.7 Å². The lowest BCUT2D eigenvalue weighted by atomic mass is 10.1. The highest BCUT2D eigenvalue weighted by Gasteiger charge is 2.44. The van der Waals surface area contributed by atoms with Crippen molar-refractivity contribution < 1.29 is 19.1 Å². The van der Waals surface area contributed by atoms with Crippen LogP contribution in [0, 0.1) is 0 Å². The van der Waals surface area contributed by atoms with Crippen molar-refractivity contribution >= 4 is 40.5 Å². The number of amides is 2. The van der Waals surface area contributed by atoms with Crippen LogP contribution in [-0.2, 0) is 16.1 Å². The molecule has 4 rings (SSSR count). The Hall–Kier alpha value is -3.91. The third kappa shape index (κ3) is 5.02. The third-order valence-electron chi connectivity index (χ3n) is 5.60. The van der Waals surface area contributed by atoms with Crippen molar-refractivity contribution in [3.8, 4) is 11.5 Å². The molecule has 1 atom stereocenters. The zero-order valence-corrected chi connectivity index (χ0v) is 19.7. The van der Waals surface area contributed by atoms with Crippen molar-refractivity contribution in [1.82, 2.24) is 4.90 Å². The van der Waals surface area contributed by atoms with Gasteiger partial charge in [0.2, 0.25) is 5.91 Å². The summed E-state index contributed by atoms with van der Waals surface area (Å²) in [6.45, 7) is 0.415. The van der Waals surface area contributed by atoms with Crippen molar-refractivity contribution in [2.24, 2.45) is 0 Å². The Balaban J connectivity index is 1.57. The molecule has 0 saturated carbocycles. The fourth-order valence-electron chi connectivity index (χ4n) is 3.82. The van der Waals surface area contributed by atoms with E-state index in [-0.39, 0.29) is 18.2 Å². The number of hydrogen-bond donors (Lipinski definition) is 1. The number of ether oxygens (including phenoxy) is 2. The minimum absolute atomic E-state index is 0.0372. The van der Waals surface area contributed by atoms with Crippen LogP contribution < -0.4 is 19.7 Å². The Kier molecular flexibility index (Phi) is 7.08. The Morgan fingerprint density at radius 3 is 2.09 bits per heavy atom. The maximum Gasteiger partial charge on any atom is 0.256 e. The van der Waals surface area contributed by atoms with Crippen LogP contribution in [0.5, 0.6) is 11.5 Å². The molecule has 3 aromatic carbocycles. The van der Waals surface area contributed by atoms with Gasteiger partial charge in [-0.05, 0) is 66.3 Å². The van der Waals surface area contributed by atoms with E-state index >= 15 is 0 Å². The van der Waals surface area contributed by atoms with Gasteiger partial charge >= 0.3 is 0 Å². The summed E-state index contributed by atoms with van der Waals surface area (Å²) in [5.74, 6) is 0.855. The number of carbonyl (C=O) groups excluding carboxylic acids is 2. The second-order valence-corrected chi connectivity index (χ2v) is 8.13. The molecule has 0 aliphatic carbocycles. The second-order valence-electron chi connectivity index (χ2n) is 7.76. The Morgan fingerprint density at radius 1 is 0.912 bits per heavy atom. The van der Waals surface area contributed by atoms with E-state index in [4.69, 9.17) is 21.7 Å². The summed E-state index contributed by atoms with van der Waals surface area (Å²) >= 11 is 5.72. The van der Waals surface area contributed by atoms with Crippen molar-refractivity contribution in [3.05, 3.63) is 84.4 Å². The summed E-state index contributed by atoms with van der Waals surface area (Å²) in [5, 5.41) is 3.22. The molecule has 1 aliphatic heterocycles. The average molecular weight is 476 g/mol. The molecule has 34 heavy (non-hydrogen) atoms. The molecule has 2 amide bonds. The highest BCUT2D eigenvalue weighted by atomic mass is 32.1. The minimum atomic E-state index is -0.729. The number of benzene rings is 3. The maximum absolute atomic E-state index is 13.5. The van der Waals surface area contributed by atoms with Crippen LogP contribution in [0.2, 0.25) is 0 Å².